The largest absolute Gasteiger partial charge is 0.358 e. The minimum absolute atomic E-state index is 0.263. The molecule has 0 fully saturated rings. The molecule has 2 N–H and O–H groups in total. The maximum absolute atomic E-state index is 13.0. The van der Waals surface area contributed by atoms with Crippen LogP contribution >= 0.6 is 27.5 Å². The molecule has 0 spiro atoms. The van der Waals surface area contributed by atoms with E-state index in [2.05, 4.69) is 26.6 Å². The zero-order chi connectivity index (χ0) is 19.2. The molecule has 6 heteroatoms. The van der Waals surface area contributed by atoms with Gasteiger partial charge in [-0.25, -0.2) is 0 Å². The number of anilines is 1. The van der Waals surface area contributed by atoms with E-state index in [1.165, 1.54) is 0 Å². The molecule has 136 valence electrons. The number of hydrogen-bond acceptors (Lipinski definition) is 3. The molecule has 3 aromatic carbocycles. The Labute approximate surface area is 170 Å². The van der Waals surface area contributed by atoms with Crippen LogP contribution in [0.4, 0.5) is 5.69 Å². The first-order valence-electron chi connectivity index (χ1n) is 8.21. The Morgan fingerprint density at radius 1 is 0.815 bits per heavy atom. The third-order valence-electron chi connectivity index (χ3n) is 3.88. The van der Waals surface area contributed by atoms with Gasteiger partial charge in [0, 0.05) is 15.6 Å². The van der Waals surface area contributed by atoms with Crippen molar-refractivity contribution >= 4 is 44.9 Å². The number of Topliss-reactive ketones (excluding diaryl/α,β-unsaturated/α-hetero) is 1. The number of carbonyl (C=O) groups is 2. The number of rotatable bonds is 6. The molecule has 0 bridgehead atoms. The summed E-state index contributed by atoms with van der Waals surface area (Å²) in [4.78, 5) is 25.6. The summed E-state index contributed by atoms with van der Waals surface area (Å²) in [5.41, 5.74) is 1.49. The van der Waals surface area contributed by atoms with E-state index in [-0.39, 0.29) is 11.7 Å². The molecule has 3 aromatic rings. The molecule has 0 saturated heterocycles. The lowest BCUT2D eigenvalue weighted by atomic mass is 10.1. The van der Waals surface area contributed by atoms with E-state index in [0.29, 0.717) is 21.8 Å². The molecule has 0 aliphatic carbocycles. The van der Waals surface area contributed by atoms with Gasteiger partial charge in [0.1, 0.15) is 0 Å². The van der Waals surface area contributed by atoms with Gasteiger partial charge in [0.15, 0.2) is 6.17 Å². The smallest absolute Gasteiger partial charge is 0.253 e. The fraction of sp³-hybridized carbons (Fsp3) is 0.0476. The Morgan fingerprint density at radius 3 is 2.11 bits per heavy atom. The number of ketones is 1. The summed E-state index contributed by atoms with van der Waals surface area (Å²) < 4.78 is 0.866. The van der Waals surface area contributed by atoms with Crippen molar-refractivity contribution in [1.82, 2.24) is 5.32 Å². The molecule has 1 unspecified atom stereocenters. The van der Waals surface area contributed by atoms with Crippen LogP contribution in [0.25, 0.3) is 0 Å². The number of nitrogens with one attached hydrogen (secondary N) is 2. The van der Waals surface area contributed by atoms with Crippen LogP contribution < -0.4 is 10.6 Å². The Kier molecular flexibility index (Phi) is 6.27. The predicted molar refractivity (Wildman–Crippen MR) is 111 cm³/mol. The van der Waals surface area contributed by atoms with Crippen LogP contribution in [0.1, 0.15) is 20.7 Å². The zero-order valence-electron chi connectivity index (χ0n) is 14.2. The van der Waals surface area contributed by atoms with Gasteiger partial charge in [-0.3, -0.25) is 9.59 Å². The van der Waals surface area contributed by atoms with Crippen molar-refractivity contribution in [3.8, 4) is 0 Å². The van der Waals surface area contributed by atoms with Crippen LogP contribution in [-0.2, 0) is 0 Å². The average Bonchev–Trinajstić information content (AvgIpc) is 2.69. The molecular formula is C21H16BrClN2O2. The van der Waals surface area contributed by atoms with Crippen molar-refractivity contribution in [3.05, 3.63) is 99.5 Å². The second-order valence-corrected chi connectivity index (χ2v) is 7.09. The second kappa shape index (κ2) is 8.84. The van der Waals surface area contributed by atoms with E-state index in [1.54, 1.807) is 72.8 Å². The van der Waals surface area contributed by atoms with E-state index in [1.807, 2.05) is 6.07 Å². The molecular weight excluding hydrogens is 428 g/mol. The van der Waals surface area contributed by atoms with Crippen LogP contribution in [0.2, 0.25) is 5.02 Å². The molecule has 0 aromatic heterocycles. The molecule has 0 saturated carbocycles. The highest BCUT2D eigenvalue weighted by Crippen LogP contribution is 2.22. The van der Waals surface area contributed by atoms with Crippen LogP contribution in [0, 0.1) is 0 Å². The highest BCUT2D eigenvalue weighted by molar-refractivity contribution is 9.10. The van der Waals surface area contributed by atoms with Crippen LogP contribution in [0.5, 0.6) is 0 Å². The first kappa shape index (κ1) is 19.1. The standard InChI is InChI=1S/C21H16BrClN2O2/c22-16-12-10-15(11-13-16)21(27)25-20(19(26)14-6-2-1-3-7-14)24-18-9-5-4-8-17(18)23/h1-13,20,24H,(H,25,27). The van der Waals surface area contributed by atoms with Gasteiger partial charge in [-0.2, -0.15) is 0 Å². The van der Waals surface area contributed by atoms with Crippen molar-refractivity contribution in [2.24, 2.45) is 0 Å². The van der Waals surface area contributed by atoms with Gasteiger partial charge in [-0.15, -0.1) is 0 Å². The van der Waals surface area contributed by atoms with Gasteiger partial charge in [0.25, 0.3) is 5.91 Å². The minimum Gasteiger partial charge on any atom is -0.358 e. The van der Waals surface area contributed by atoms with E-state index in [4.69, 9.17) is 11.6 Å². The summed E-state index contributed by atoms with van der Waals surface area (Å²) in [6.07, 6.45) is -0.969. The summed E-state index contributed by atoms with van der Waals surface area (Å²) in [5.74, 6) is -0.627. The summed E-state index contributed by atoms with van der Waals surface area (Å²) in [6.45, 7) is 0. The summed E-state index contributed by atoms with van der Waals surface area (Å²) in [6, 6.07) is 22.7. The molecule has 3 rings (SSSR count). The molecule has 1 amide bonds. The molecule has 0 aliphatic rings. The van der Waals surface area contributed by atoms with Crippen molar-refractivity contribution in [1.29, 1.82) is 0 Å². The number of hydrogen-bond donors (Lipinski definition) is 2. The molecule has 27 heavy (non-hydrogen) atoms. The number of halogens is 2. The third kappa shape index (κ3) is 4.96. The number of carbonyl (C=O) groups excluding carboxylic acids is 2. The highest BCUT2D eigenvalue weighted by atomic mass is 79.9. The third-order valence-corrected chi connectivity index (χ3v) is 4.73. The second-order valence-electron chi connectivity index (χ2n) is 5.77. The van der Waals surface area contributed by atoms with Gasteiger partial charge in [0.05, 0.1) is 10.7 Å². The average molecular weight is 444 g/mol. The van der Waals surface area contributed by atoms with E-state index in [9.17, 15) is 9.59 Å². The molecule has 0 heterocycles. The van der Waals surface area contributed by atoms with Crippen LogP contribution in [-0.4, -0.2) is 17.9 Å². The molecule has 0 aliphatic heterocycles. The maximum atomic E-state index is 13.0. The van der Waals surface area contributed by atoms with Crippen LogP contribution in [0.3, 0.4) is 0 Å². The lowest BCUT2D eigenvalue weighted by Gasteiger charge is -2.21. The first-order chi connectivity index (χ1) is 13.0. The Bertz CT molecular complexity index is 946. The maximum Gasteiger partial charge on any atom is 0.253 e. The fourth-order valence-corrected chi connectivity index (χ4v) is 2.94. The zero-order valence-corrected chi connectivity index (χ0v) is 16.5. The van der Waals surface area contributed by atoms with E-state index < -0.39 is 6.17 Å². The highest BCUT2D eigenvalue weighted by Gasteiger charge is 2.23. The van der Waals surface area contributed by atoms with Crippen LogP contribution in [0.15, 0.2) is 83.3 Å². The summed E-state index contributed by atoms with van der Waals surface area (Å²) in [7, 11) is 0. The quantitative estimate of drug-likeness (QED) is 0.409. The summed E-state index contributed by atoms with van der Waals surface area (Å²) in [5, 5.41) is 6.25. The van der Waals surface area contributed by atoms with Gasteiger partial charge in [0.2, 0.25) is 5.78 Å². The Balaban J connectivity index is 1.87. The van der Waals surface area contributed by atoms with Crippen molar-refractivity contribution < 1.29 is 9.59 Å². The van der Waals surface area contributed by atoms with Crippen molar-refractivity contribution in [2.45, 2.75) is 6.17 Å². The number of benzene rings is 3. The lowest BCUT2D eigenvalue weighted by molar-refractivity contribution is 0.0869. The monoisotopic (exact) mass is 442 g/mol. The first-order valence-corrected chi connectivity index (χ1v) is 9.38. The van der Waals surface area contributed by atoms with Crippen molar-refractivity contribution in [3.63, 3.8) is 0 Å². The normalized spacial score (nSPS) is 11.5. The van der Waals surface area contributed by atoms with Gasteiger partial charge < -0.3 is 10.6 Å². The van der Waals surface area contributed by atoms with E-state index >= 15 is 0 Å². The molecule has 1 atom stereocenters. The van der Waals surface area contributed by atoms with Gasteiger partial charge in [-0.05, 0) is 36.4 Å². The number of amides is 1. The molecule has 4 nitrogen and oxygen atoms in total. The van der Waals surface area contributed by atoms with Gasteiger partial charge in [-0.1, -0.05) is 70.0 Å². The van der Waals surface area contributed by atoms with Crippen molar-refractivity contribution in [2.75, 3.05) is 5.32 Å². The predicted octanol–water partition coefficient (Wildman–Crippen LogP) is 5.15. The van der Waals surface area contributed by atoms with Gasteiger partial charge >= 0.3 is 0 Å². The SMILES string of the molecule is O=C(NC(Nc1ccccc1Cl)C(=O)c1ccccc1)c1ccc(Br)cc1. The number of para-hydroxylation sites is 1. The molecule has 0 radical (unpaired) electrons. The van der Waals surface area contributed by atoms with E-state index in [0.717, 1.165) is 4.47 Å². The lowest BCUT2D eigenvalue weighted by Crippen LogP contribution is -2.46. The summed E-state index contributed by atoms with van der Waals surface area (Å²) >= 11 is 9.54. The topological polar surface area (TPSA) is 58.2 Å². The fourth-order valence-electron chi connectivity index (χ4n) is 2.49. The Hall–Kier alpha value is -2.63. The Morgan fingerprint density at radius 2 is 1.44 bits per heavy atom. The minimum atomic E-state index is -0.969.